The van der Waals surface area contributed by atoms with Crippen LogP contribution in [-0.2, 0) is 6.42 Å². The highest BCUT2D eigenvalue weighted by molar-refractivity contribution is 5.54. The summed E-state index contributed by atoms with van der Waals surface area (Å²) in [5.41, 5.74) is 10.1. The van der Waals surface area contributed by atoms with Gasteiger partial charge in [0.05, 0.1) is 0 Å². The zero-order valence-corrected chi connectivity index (χ0v) is 8.09. The molecule has 1 rings (SSSR count). The molecule has 1 aromatic carbocycles. The lowest BCUT2D eigenvalue weighted by atomic mass is 10.0. The third kappa shape index (κ3) is 2.22. The fraction of sp³-hybridized carbons (Fsp3) is 0.364. The summed E-state index contributed by atoms with van der Waals surface area (Å²) in [5.74, 6) is 0. The summed E-state index contributed by atoms with van der Waals surface area (Å²) >= 11 is 0. The minimum atomic E-state index is 0.558. The molecule has 0 heterocycles. The number of nitrogens with two attached hydrogens (primary N) is 1. The molecule has 0 amide bonds. The molecule has 0 unspecified atom stereocenters. The third-order valence-corrected chi connectivity index (χ3v) is 2.17. The molecule has 0 bridgehead atoms. The van der Waals surface area contributed by atoms with E-state index in [-0.39, 0.29) is 0 Å². The first-order valence-electron chi connectivity index (χ1n) is 4.34. The molecule has 0 radical (unpaired) electrons. The second-order valence-corrected chi connectivity index (χ2v) is 3.28. The maximum Gasteiger partial charge on any atom is 0.218 e. The van der Waals surface area contributed by atoms with E-state index in [1.807, 2.05) is 13.8 Å². The first-order chi connectivity index (χ1) is 6.15. The molecule has 0 spiro atoms. The Kier molecular flexibility index (Phi) is 2.92. The first-order valence-corrected chi connectivity index (χ1v) is 4.34. The second kappa shape index (κ2) is 3.95. The molecule has 1 aromatic rings. The van der Waals surface area contributed by atoms with Crippen LogP contribution in [-0.4, -0.2) is 6.54 Å². The quantitative estimate of drug-likeness (QED) is 0.541. The molecule has 0 aliphatic heterocycles. The summed E-state index contributed by atoms with van der Waals surface area (Å²) in [6.07, 6.45) is 0.825. The molecule has 2 heteroatoms. The van der Waals surface area contributed by atoms with Gasteiger partial charge in [0.25, 0.3) is 0 Å². The normalized spacial score (nSPS) is 9.62. The molecule has 0 saturated heterocycles. The van der Waals surface area contributed by atoms with Crippen LogP contribution < -0.4 is 5.73 Å². The van der Waals surface area contributed by atoms with Gasteiger partial charge >= 0.3 is 0 Å². The van der Waals surface area contributed by atoms with Crippen LogP contribution in [0.2, 0.25) is 0 Å². The van der Waals surface area contributed by atoms with Crippen LogP contribution in [0.15, 0.2) is 12.1 Å². The molecule has 0 aliphatic rings. The zero-order valence-electron chi connectivity index (χ0n) is 8.09. The van der Waals surface area contributed by atoms with Crippen molar-refractivity contribution in [3.05, 3.63) is 40.2 Å². The number of benzene rings is 1. The van der Waals surface area contributed by atoms with Crippen LogP contribution in [0.5, 0.6) is 0 Å². The van der Waals surface area contributed by atoms with Crippen molar-refractivity contribution in [1.82, 2.24) is 0 Å². The summed E-state index contributed by atoms with van der Waals surface area (Å²) < 4.78 is 0. The molecule has 68 valence electrons. The summed E-state index contributed by atoms with van der Waals surface area (Å²) in [6, 6.07) is 4.13. The van der Waals surface area contributed by atoms with Crippen LogP contribution in [0.4, 0.5) is 5.69 Å². The maximum atomic E-state index is 6.70. The monoisotopic (exact) mass is 174 g/mol. The highest BCUT2D eigenvalue weighted by Crippen LogP contribution is 2.18. The van der Waals surface area contributed by atoms with Gasteiger partial charge in [-0.3, -0.25) is 0 Å². The van der Waals surface area contributed by atoms with Crippen LogP contribution in [0.3, 0.4) is 0 Å². The molecular formula is C11H14N2. The average molecular weight is 174 g/mol. The Hall–Kier alpha value is -1.49. The van der Waals surface area contributed by atoms with Crippen molar-refractivity contribution >= 4 is 5.69 Å². The molecule has 0 aliphatic carbocycles. The van der Waals surface area contributed by atoms with Crippen molar-refractivity contribution in [3.8, 4) is 0 Å². The lowest BCUT2D eigenvalue weighted by molar-refractivity contribution is 1.07. The van der Waals surface area contributed by atoms with Gasteiger partial charge < -0.3 is 10.6 Å². The van der Waals surface area contributed by atoms with Gasteiger partial charge in [-0.25, -0.2) is 6.57 Å². The molecule has 0 saturated carbocycles. The van der Waals surface area contributed by atoms with Gasteiger partial charge in [0, 0.05) is 12.1 Å². The predicted octanol–water partition coefficient (Wildman–Crippen LogP) is 2.35. The van der Waals surface area contributed by atoms with E-state index < -0.39 is 0 Å². The van der Waals surface area contributed by atoms with Crippen molar-refractivity contribution in [2.24, 2.45) is 0 Å². The van der Waals surface area contributed by atoms with E-state index in [0.29, 0.717) is 6.54 Å². The average Bonchev–Trinajstić information content (AvgIpc) is 2.10. The standard InChI is InChI=1S/C11H14N2/c1-8-6-10(4-5-13-3)7-9(2)11(8)12/h6-7H,4-5,12H2,1-2H3. The van der Waals surface area contributed by atoms with E-state index in [1.165, 1.54) is 5.56 Å². The van der Waals surface area contributed by atoms with E-state index >= 15 is 0 Å². The Labute approximate surface area is 79.2 Å². The van der Waals surface area contributed by atoms with Crippen molar-refractivity contribution in [1.29, 1.82) is 0 Å². The minimum Gasteiger partial charge on any atom is -0.398 e. The molecule has 2 nitrogen and oxygen atoms in total. The number of nitrogens with zero attached hydrogens (tertiary/aromatic N) is 1. The zero-order chi connectivity index (χ0) is 9.84. The van der Waals surface area contributed by atoms with Crippen LogP contribution in [0, 0.1) is 20.4 Å². The van der Waals surface area contributed by atoms with E-state index in [2.05, 4.69) is 17.0 Å². The summed E-state index contributed by atoms with van der Waals surface area (Å²) in [6.45, 7) is 11.3. The number of anilines is 1. The number of hydrogen-bond acceptors (Lipinski definition) is 1. The Morgan fingerprint density at radius 1 is 1.31 bits per heavy atom. The third-order valence-electron chi connectivity index (χ3n) is 2.17. The van der Waals surface area contributed by atoms with Crippen LogP contribution >= 0.6 is 0 Å². The topological polar surface area (TPSA) is 30.4 Å². The van der Waals surface area contributed by atoms with E-state index in [4.69, 9.17) is 12.3 Å². The van der Waals surface area contributed by atoms with Crippen LogP contribution in [0.25, 0.3) is 4.85 Å². The maximum absolute atomic E-state index is 6.70. The molecule has 0 aromatic heterocycles. The molecular weight excluding hydrogens is 160 g/mol. The van der Waals surface area contributed by atoms with Crippen molar-refractivity contribution in [2.45, 2.75) is 20.3 Å². The van der Waals surface area contributed by atoms with Gasteiger partial charge in [-0.2, -0.15) is 0 Å². The fourth-order valence-corrected chi connectivity index (χ4v) is 1.39. The molecule has 0 fully saturated rings. The Morgan fingerprint density at radius 3 is 2.31 bits per heavy atom. The SMILES string of the molecule is [C-]#[N+]CCc1cc(C)c(N)c(C)c1. The number of rotatable bonds is 2. The van der Waals surface area contributed by atoms with Crippen molar-refractivity contribution < 1.29 is 0 Å². The molecule has 13 heavy (non-hydrogen) atoms. The largest absolute Gasteiger partial charge is 0.398 e. The summed E-state index contributed by atoms with van der Waals surface area (Å²) in [4.78, 5) is 3.33. The van der Waals surface area contributed by atoms with Crippen molar-refractivity contribution in [2.75, 3.05) is 12.3 Å². The second-order valence-electron chi connectivity index (χ2n) is 3.28. The van der Waals surface area contributed by atoms with E-state index in [1.54, 1.807) is 0 Å². The smallest absolute Gasteiger partial charge is 0.218 e. The lowest BCUT2D eigenvalue weighted by Gasteiger charge is -2.06. The molecule has 0 atom stereocenters. The minimum absolute atomic E-state index is 0.558. The highest BCUT2D eigenvalue weighted by atomic mass is 14.6. The Morgan fingerprint density at radius 2 is 1.85 bits per heavy atom. The van der Waals surface area contributed by atoms with Gasteiger partial charge in [0.15, 0.2) is 0 Å². The number of aryl methyl sites for hydroxylation is 2. The van der Waals surface area contributed by atoms with Gasteiger partial charge in [-0.05, 0) is 30.5 Å². The number of hydrogen-bond donors (Lipinski definition) is 1. The van der Waals surface area contributed by atoms with Gasteiger partial charge in [-0.1, -0.05) is 12.1 Å². The highest BCUT2D eigenvalue weighted by Gasteiger charge is 2.01. The Balaban J connectivity index is 2.94. The lowest BCUT2D eigenvalue weighted by Crippen LogP contribution is -1.97. The predicted molar refractivity (Wildman–Crippen MR) is 55.5 cm³/mol. The number of nitrogen functional groups attached to an aromatic ring is 1. The van der Waals surface area contributed by atoms with Gasteiger partial charge in [0.1, 0.15) is 0 Å². The van der Waals surface area contributed by atoms with Gasteiger partial charge in [-0.15, -0.1) is 0 Å². The van der Waals surface area contributed by atoms with E-state index in [9.17, 15) is 0 Å². The van der Waals surface area contributed by atoms with Crippen molar-refractivity contribution in [3.63, 3.8) is 0 Å². The summed E-state index contributed by atoms with van der Waals surface area (Å²) in [7, 11) is 0. The molecule has 2 N–H and O–H groups in total. The van der Waals surface area contributed by atoms with Gasteiger partial charge in [0.2, 0.25) is 6.54 Å². The fourth-order valence-electron chi connectivity index (χ4n) is 1.39. The van der Waals surface area contributed by atoms with Crippen LogP contribution in [0.1, 0.15) is 16.7 Å². The Bertz CT molecular complexity index is 325. The summed E-state index contributed by atoms with van der Waals surface area (Å²) in [5, 5.41) is 0. The first kappa shape index (κ1) is 9.60. The van der Waals surface area contributed by atoms with E-state index in [0.717, 1.165) is 23.2 Å².